The third-order valence-electron chi connectivity index (χ3n) is 3.97. The van der Waals surface area contributed by atoms with Gasteiger partial charge in [-0.1, -0.05) is 12.1 Å². The molecule has 0 saturated carbocycles. The SMILES string of the molecule is NC(C(=O)Nc1cccc(CCC(F)(F)F)c1)C1CCOCC1. The molecule has 23 heavy (non-hydrogen) atoms. The molecule has 0 bridgehead atoms. The average molecular weight is 330 g/mol. The van der Waals surface area contributed by atoms with E-state index in [0.29, 0.717) is 24.5 Å². The van der Waals surface area contributed by atoms with Gasteiger partial charge in [-0.25, -0.2) is 0 Å². The molecule has 1 fully saturated rings. The van der Waals surface area contributed by atoms with Crippen LogP contribution in [0.15, 0.2) is 24.3 Å². The van der Waals surface area contributed by atoms with Crippen LogP contribution in [0.25, 0.3) is 0 Å². The van der Waals surface area contributed by atoms with Crippen LogP contribution in [0, 0.1) is 5.92 Å². The van der Waals surface area contributed by atoms with E-state index in [9.17, 15) is 18.0 Å². The van der Waals surface area contributed by atoms with Crippen molar-refractivity contribution >= 4 is 11.6 Å². The van der Waals surface area contributed by atoms with E-state index in [-0.39, 0.29) is 18.2 Å². The molecule has 1 unspecified atom stereocenters. The molecule has 4 nitrogen and oxygen atoms in total. The largest absolute Gasteiger partial charge is 0.389 e. The Morgan fingerprint density at radius 3 is 2.70 bits per heavy atom. The zero-order chi connectivity index (χ0) is 16.9. The van der Waals surface area contributed by atoms with E-state index in [1.807, 2.05) is 0 Å². The molecule has 1 aliphatic rings. The van der Waals surface area contributed by atoms with Crippen molar-refractivity contribution in [2.75, 3.05) is 18.5 Å². The third kappa shape index (κ3) is 5.84. The van der Waals surface area contributed by atoms with Gasteiger partial charge in [-0.3, -0.25) is 4.79 Å². The number of halogens is 3. The molecule has 7 heteroatoms. The van der Waals surface area contributed by atoms with Gasteiger partial charge in [-0.15, -0.1) is 0 Å². The lowest BCUT2D eigenvalue weighted by molar-refractivity contribution is -0.134. The van der Waals surface area contributed by atoms with Crippen LogP contribution < -0.4 is 11.1 Å². The van der Waals surface area contributed by atoms with Gasteiger partial charge in [0.15, 0.2) is 0 Å². The number of hydrogen-bond acceptors (Lipinski definition) is 3. The molecular formula is C16H21F3N2O2. The van der Waals surface area contributed by atoms with E-state index in [0.717, 1.165) is 12.8 Å². The van der Waals surface area contributed by atoms with Crippen molar-refractivity contribution in [1.82, 2.24) is 0 Å². The van der Waals surface area contributed by atoms with Crippen LogP contribution in [-0.4, -0.2) is 31.3 Å². The Hall–Kier alpha value is -1.60. The molecule has 0 aliphatic carbocycles. The highest BCUT2D eigenvalue weighted by Gasteiger charge is 2.27. The minimum atomic E-state index is -4.19. The number of aryl methyl sites for hydroxylation is 1. The van der Waals surface area contributed by atoms with Crippen LogP contribution >= 0.6 is 0 Å². The van der Waals surface area contributed by atoms with E-state index in [1.54, 1.807) is 24.3 Å². The number of amides is 1. The molecule has 1 atom stereocenters. The summed E-state index contributed by atoms with van der Waals surface area (Å²) in [6, 6.07) is 5.80. The average Bonchev–Trinajstić information content (AvgIpc) is 2.53. The topological polar surface area (TPSA) is 64.4 Å². The molecule has 1 amide bonds. The molecule has 0 radical (unpaired) electrons. The second-order valence-corrected chi connectivity index (χ2v) is 5.78. The summed E-state index contributed by atoms with van der Waals surface area (Å²) in [6.45, 7) is 1.19. The monoisotopic (exact) mass is 330 g/mol. The summed E-state index contributed by atoms with van der Waals surface area (Å²) in [5.41, 5.74) is 6.97. The van der Waals surface area contributed by atoms with Crippen LogP contribution in [0.4, 0.5) is 18.9 Å². The fourth-order valence-corrected chi connectivity index (χ4v) is 2.61. The summed E-state index contributed by atoms with van der Waals surface area (Å²) in [5.74, 6) is -0.248. The zero-order valence-electron chi connectivity index (χ0n) is 12.7. The highest BCUT2D eigenvalue weighted by molar-refractivity contribution is 5.94. The van der Waals surface area contributed by atoms with Gasteiger partial charge < -0.3 is 15.8 Å². The molecule has 1 aromatic rings. The minimum Gasteiger partial charge on any atom is -0.381 e. The fourth-order valence-electron chi connectivity index (χ4n) is 2.61. The molecule has 128 valence electrons. The van der Waals surface area contributed by atoms with Crippen LogP contribution in [-0.2, 0) is 16.0 Å². The third-order valence-corrected chi connectivity index (χ3v) is 3.97. The van der Waals surface area contributed by atoms with Gasteiger partial charge in [-0.05, 0) is 42.9 Å². The molecule has 0 spiro atoms. The predicted molar refractivity (Wildman–Crippen MR) is 81.0 cm³/mol. The standard InChI is InChI=1S/C16H21F3N2O2/c17-16(18,19)7-4-11-2-1-3-13(10-11)21-15(22)14(20)12-5-8-23-9-6-12/h1-3,10,12,14H,4-9,20H2,(H,21,22). The van der Waals surface area contributed by atoms with Crippen LogP contribution in [0.3, 0.4) is 0 Å². The number of alkyl halides is 3. The van der Waals surface area contributed by atoms with Gasteiger partial charge in [0.25, 0.3) is 0 Å². The van der Waals surface area contributed by atoms with Gasteiger partial charge in [0.1, 0.15) is 0 Å². The van der Waals surface area contributed by atoms with Crippen molar-refractivity contribution in [3.8, 4) is 0 Å². The predicted octanol–water partition coefficient (Wildman–Crippen LogP) is 2.87. The number of carbonyl (C=O) groups excluding carboxylic acids is 1. The van der Waals surface area contributed by atoms with Crippen LogP contribution in [0.5, 0.6) is 0 Å². The van der Waals surface area contributed by atoms with Crippen molar-refractivity contribution in [2.45, 2.75) is 37.9 Å². The van der Waals surface area contributed by atoms with Crippen LogP contribution in [0.1, 0.15) is 24.8 Å². The van der Waals surface area contributed by atoms with Gasteiger partial charge in [0, 0.05) is 25.3 Å². The number of carbonyl (C=O) groups is 1. The normalized spacial score (nSPS) is 17.7. The summed E-state index contributed by atoms with van der Waals surface area (Å²) in [5, 5.41) is 2.69. The van der Waals surface area contributed by atoms with Crippen molar-refractivity contribution in [3.63, 3.8) is 0 Å². The highest BCUT2D eigenvalue weighted by Crippen LogP contribution is 2.23. The molecule has 1 aliphatic heterocycles. The number of anilines is 1. The first-order valence-electron chi connectivity index (χ1n) is 7.65. The zero-order valence-corrected chi connectivity index (χ0v) is 12.7. The summed E-state index contributed by atoms with van der Waals surface area (Å²) in [4.78, 5) is 12.2. The van der Waals surface area contributed by atoms with E-state index < -0.39 is 18.6 Å². The number of hydrogen-bond donors (Lipinski definition) is 2. The van der Waals surface area contributed by atoms with Crippen molar-refractivity contribution < 1.29 is 22.7 Å². The maximum absolute atomic E-state index is 12.3. The summed E-state index contributed by atoms with van der Waals surface area (Å²) in [7, 11) is 0. The Balaban J connectivity index is 1.92. The van der Waals surface area contributed by atoms with Crippen LogP contribution in [0.2, 0.25) is 0 Å². The van der Waals surface area contributed by atoms with E-state index in [1.165, 1.54) is 0 Å². The quantitative estimate of drug-likeness (QED) is 0.872. The second-order valence-electron chi connectivity index (χ2n) is 5.78. The first-order valence-corrected chi connectivity index (χ1v) is 7.65. The lowest BCUT2D eigenvalue weighted by Gasteiger charge is -2.26. The van der Waals surface area contributed by atoms with Crippen molar-refractivity contribution in [1.29, 1.82) is 0 Å². The summed E-state index contributed by atoms with van der Waals surface area (Å²) < 4.78 is 42.0. The van der Waals surface area contributed by atoms with E-state index in [4.69, 9.17) is 10.5 Å². The summed E-state index contributed by atoms with van der Waals surface area (Å²) >= 11 is 0. The number of benzene rings is 1. The summed E-state index contributed by atoms with van der Waals surface area (Å²) in [6.07, 6.45) is -3.71. The highest BCUT2D eigenvalue weighted by atomic mass is 19.4. The Morgan fingerprint density at radius 2 is 2.04 bits per heavy atom. The smallest absolute Gasteiger partial charge is 0.381 e. The molecule has 2 rings (SSSR count). The molecule has 3 N–H and O–H groups in total. The first-order chi connectivity index (χ1) is 10.8. The minimum absolute atomic E-state index is 0.0668. The maximum Gasteiger partial charge on any atom is 0.389 e. The van der Waals surface area contributed by atoms with Crippen molar-refractivity contribution in [2.24, 2.45) is 11.7 Å². The van der Waals surface area contributed by atoms with Gasteiger partial charge in [0.05, 0.1) is 6.04 Å². The molecule has 1 heterocycles. The molecule has 0 aromatic heterocycles. The maximum atomic E-state index is 12.3. The molecular weight excluding hydrogens is 309 g/mol. The Morgan fingerprint density at radius 1 is 1.35 bits per heavy atom. The molecule has 1 saturated heterocycles. The second kappa shape index (κ2) is 7.79. The Kier molecular flexibility index (Phi) is 6.01. The molecule has 1 aromatic carbocycles. The number of rotatable bonds is 5. The lowest BCUT2D eigenvalue weighted by atomic mass is 9.92. The van der Waals surface area contributed by atoms with Gasteiger partial charge >= 0.3 is 6.18 Å². The Bertz CT molecular complexity index is 528. The van der Waals surface area contributed by atoms with Gasteiger partial charge in [-0.2, -0.15) is 13.2 Å². The van der Waals surface area contributed by atoms with Crippen molar-refractivity contribution in [3.05, 3.63) is 29.8 Å². The number of nitrogens with two attached hydrogens (primary N) is 1. The number of ether oxygens (including phenoxy) is 1. The van der Waals surface area contributed by atoms with Gasteiger partial charge in [0.2, 0.25) is 5.91 Å². The first kappa shape index (κ1) is 17.7. The fraction of sp³-hybridized carbons (Fsp3) is 0.562. The Labute approximate surface area is 133 Å². The number of nitrogens with one attached hydrogen (secondary N) is 1. The van der Waals surface area contributed by atoms with E-state index in [2.05, 4.69) is 5.32 Å². The lowest BCUT2D eigenvalue weighted by Crippen LogP contribution is -2.44. The van der Waals surface area contributed by atoms with E-state index >= 15 is 0 Å².